The van der Waals surface area contributed by atoms with E-state index < -0.39 is 0 Å². The Morgan fingerprint density at radius 3 is 2.90 bits per heavy atom. The maximum Gasteiger partial charge on any atom is 0.213 e. The SMILES string of the molecule is COc1cccc(-c2cc3c(n4cnnc24)NCc2c(F)ccc4c2C(CO4)CO3)n1. The van der Waals surface area contributed by atoms with Gasteiger partial charge in [-0.1, -0.05) is 6.07 Å². The van der Waals surface area contributed by atoms with E-state index in [1.807, 2.05) is 18.2 Å². The molecule has 0 amide bonds. The van der Waals surface area contributed by atoms with Gasteiger partial charge in [0.2, 0.25) is 5.88 Å². The van der Waals surface area contributed by atoms with E-state index in [9.17, 15) is 4.39 Å². The van der Waals surface area contributed by atoms with Crippen molar-refractivity contribution >= 4 is 11.5 Å². The quantitative estimate of drug-likeness (QED) is 0.533. The number of ether oxygens (including phenoxy) is 3. The summed E-state index contributed by atoms with van der Waals surface area (Å²) >= 11 is 0. The van der Waals surface area contributed by atoms with Crippen LogP contribution in [-0.2, 0) is 6.54 Å². The Labute approximate surface area is 176 Å². The molecule has 1 unspecified atom stereocenters. The van der Waals surface area contributed by atoms with Gasteiger partial charge in [0.1, 0.15) is 17.9 Å². The van der Waals surface area contributed by atoms with Gasteiger partial charge in [0.15, 0.2) is 17.2 Å². The van der Waals surface area contributed by atoms with Gasteiger partial charge in [-0.25, -0.2) is 9.37 Å². The molecule has 0 radical (unpaired) electrons. The van der Waals surface area contributed by atoms with Gasteiger partial charge in [-0.15, -0.1) is 10.2 Å². The molecule has 1 atom stereocenters. The van der Waals surface area contributed by atoms with E-state index in [2.05, 4.69) is 20.5 Å². The van der Waals surface area contributed by atoms with Crippen LogP contribution < -0.4 is 19.5 Å². The van der Waals surface area contributed by atoms with Crippen LogP contribution in [-0.4, -0.2) is 39.9 Å². The van der Waals surface area contributed by atoms with Crippen LogP contribution in [0.4, 0.5) is 10.2 Å². The molecule has 6 rings (SSSR count). The van der Waals surface area contributed by atoms with Crippen molar-refractivity contribution in [3.05, 3.63) is 59.7 Å². The number of pyridine rings is 2. The van der Waals surface area contributed by atoms with Gasteiger partial charge in [0.25, 0.3) is 0 Å². The molecule has 2 aliphatic heterocycles. The summed E-state index contributed by atoms with van der Waals surface area (Å²) in [6.07, 6.45) is 1.60. The van der Waals surface area contributed by atoms with Gasteiger partial charge in [-0.2, -0.15) is 0 Å². The van der Waals surface area contributed by atoms with E-state index in [-0.39, 0.29) is 18.3 Å². The molecule has 0 aliphatic carbocycles. The Balaban J connectivity index is 1.51. The fourth-order valence-electron chi connectivity index (χ4n) is 4.25. The second-order valence-corrected chi connectivity index (χ2v) is 7.47. The Hall–Kier alpha value is -3.88. The Bertz CT molecular complexity index is 1320. The summed E-state index contributed by atoms with van der Waals surface area (Å²) in [6, 6.07) is 10.5. The highest BCUT2D eigenvalue weighted by Gasteiger charge is 2.31. The predicted octanol–water partition coefficient (Wildman–Crippen LogP) is 3.42. The lowest BCUT2D eigenvalue weighted by molar-refractivity contribution is 0.249. The fourth-order valence-corrected chi connectivity index (χ4v) is 4.25. The third kappa shape index (κ3) is 2.77. The molecule has 0 fully saturated rings. The summed E-state index contributed by atoms with van der Waals surface area (Å²) in [5.74, 6) is 2.16. The summed E-state index contributed by atoms with van der Waals surface area (Å²) in [4.78, 5) is 4.54. The normalized spacial score (nSPS) is 16.8. The number of methoxy groups -OCH3 is 1. The molecular weight excluding hydrogens is 401 g/mol. The third-order valence-electron chi connectivity index (χ3n) is 5.73. The second kappa shape index (κ2) is 6.83. The molecule has 31 heavy (non-hydrogen) atoms. The van der Waals surface area contributed by atoms with Crippen LogP contribution in [0.5, 0.6) is 17.4 Å². The number of nitrogens with zero attached hydrogens (tertiary/aromatic N) is 4. The summed E-state index contributed by atoms with van der Waals surface area (Å²) in [6.45, 7) is 1.10. The van der Waals surface area contributed by atoms with Gasteiger partial charge < -0.3 is 19.5 Å². The number of rotatable bonds is 2. The Morgan fingerprint density at radius 2 is 2.03 bits per heavy atom. The van der Waals surface area contributed by atoms with E-state index in [4.69, 9.17) is 14.2 Å². The van der Waals surface area contributed by atoms with Crippen molar-refractivity contribution in [3.63, 3.8) is 0 Å². The third-order valence-corrected chi connectivity index (χ3v) is 5.73. The van der Waals surface area contributed by atoms with E-state index in [0.29, 0.717) is 53.3 Å². The molecule has 8 nitrogen and oxygen atoms in total. The number of nitrogens with one attached hydrogen (secondary N) is 1. The number of aromatic nitrogens is 4. The molecule has 5 heterocycles. The number of hydrogen-bond donors (Lipinski definition) is 1. The second-order valence-electron chi connectivity index (χ2n) is 7.47. The predicted molar refractivity (Wildman–Crippen MR) is 110 cm³/mol. The molecule has 0 saturated carbocycles. The molecule has 1 aromatic carbocycles. The summed E-state index contributed by atoms with van der Waals surface area (Å²) in [5, 5.41) is 11.7. The van der Waals surface area contributed by atoms with Crippen LogP contribution in [0.25, 0.3) is 16.9 Å². The number of benzene rings is 1. The minimum Gasteiger partial charge on any atom is -0.493 e. The first kappa shape index (κ1) is 17.9. The van der Waals surface area contributed by atoms with Crippen molar-refractivity contribution in [1.29, 1.82) is 0 Å². The molecule has 1 N–H and O–H groups in total. The van der Waals surface area contributed by atoms with Crippen LogP contribution in [0.2, 0.25) is 0 Å². The van der Waals surface area contributed by atoms with Crippen LogP contribution in [0.3, 0.4) is 0 Å². The topological polar surface area (TPSA) is 82.8 Å². The van der Waals surface area contributed by atoms with Crippen LogP contribution >= 0.6 is 0 Å². The first-order chi connectivity index (χ1) is 15.2. The highest BCUT2D eigenvalue weighted by molar-refractivity contribution is 5.80. The van der Waals surface area contributed by atoms with Gasteiger partial charge in [0.05, 0.1) is 31.9 Å². The molecule has 0 bridgehead atoms. The van der Waals surface area contributed by atoms with Crippen LogP contribution in [0, 0.1) is 5.82 Å². The Kier molecular flexibility index (Phi) is 3.95. The number of hydrogen-bond acceptors (Lipinski definition) is 7. The smallest absolute Gasteiger partial charge is 0.213 e. The van der Waals surface area contributed by atoms with Crippen molar-refractivity contribution in [3.8, 4) is 28.6 Å². The minimum atomic E-state index is -0.262. The maximum absolute atomic E-state index is 14.7. The minimum absolute atomic E-state index is 0.0524. The molecule has 0 spiro atoms. The molecule has 2 aliphatic rings. The zero-order chi connectivity index (χ0) is 20.9. The monoisotopic (exact) mass is 419 g/mol. The fraction of sp³-hybridized carbons (Fsp3) is 0.227. The van der Waals surface area contributed by atoms with Crippen LogP contribution in [0.15, 0.2) is 42.7 Å². The van der Waals surface area contributed by atoms with Crippen molar-refractivity contribution in [1.82, 2.24) is 19.6 Å². The van der Waals surface area contributed by atoms with Gasteiger partial charge in [-0.05, 0) is 24.3 Å². The van der Waals surface area contributed by atoms with E-state index >= 15 is 0 Å². The standard InChI is InChI=1S/C22H18FN5O3/c1-29-19-4-2-3-16(26-19)13-7-18-22(28-11-25-27-21(13)28)24-8-14-15(23)5-6-17-20(14)12(9-30-17)10-31-18/h2-7,11-12,24H,8-10H2,1H3. The lowest BCUT2D eigenvalue weighted by atomic mass is 9.96. The molecular formula is C22H18FN5O3. The van der Waals surface area contributed by atoms with E-state index in [0.717, 1.165) is 11.1 Å². The summed E-state index contributed by atoms with van der Waals surface area (Å²) in [5.41, 5.74) is 3.51. The molecule has 156 valence electrons. The zero-order valence-electron chi connectivity index (χ0n) is 16.6. The maximum atomic E-state index is 14.7. The summed E-state index contributed by atoms with van der Waals surface area (Å²) < 4.78 is 33.8. The van der Waals surface area contributed by atoms with Gasteiger partial charge >= 0.3 is 0 Å². The zero-order valence-corrected chi connectivity index (χ0v) is 16.6. The molecule has 4 aromatic rings. The lowest BCUT2D eigenvalue weighted by Gasteiger charge is -2.16. The van der Waals surface area contributed by atoms with Gasteiger partial charge in [-0.3, -0.25) is 4.40 Å². The van der Waals surface area contributed by atoms with Crippen molar-refractivity contribution in [2.75, 3.05) is 25.6 Å². The number of halogens is 1. The average molecular weight is 419 g/mol. The number of fused-ring (bicyclic) bond motifs is 3. The molecule has 9 heteroatoms. The van der Waals surface area contributed by atoms with Crippen LogP contribution in [0.1, 0.15) is 17.0 Å². The van der Waals surface area contributed by atoms with E-state index in [1.54, 1.807) is 30.0 Å². The number of anilines is 1. The largest absolute Gasteiger partial charge is 0.493 e. The highest BCUT2D eigenvalue weighted by Crippen LogP contribution is 2.41. The first-order valence-corrected chi connectivity index (χ1v) is 9.92. The summed E-state index contributed by atoms with van der Waals surface area (Å²) in [7, 11) is 1.57. The van der Waals surface area contributed by atoms with Crippen molar-refractivity contribution in [2.24, 2.45) is 0 Å². The van der Waals surface area contributed by atoms with Crippen molar-refractivity contribution in [2.45, 2.75) is 12.5 Å². The first-order valence-electron chi connectivity index (χ1n) is 9.92. The molecule has 3 aromatic heterocycles. The highest BCUT2D eigenvalue weighted by atomic mass is 19.1. The van der Waals surface area contributed by atoms with Crippen molar-refractivity contribution < 1.29 is 18.6 Å². The Morgan fingerprint density at radius 1 is 1.16 bits per heavy atom. The van der Waals surface area contributed by atoms with Gasteiger partial charge in [0, 0.05) is 29.3 Å². The van der Waals surface area contributed by atoms with E-state index in [1.165, 1.54) is 6.07 Å². The average Bonchev–Trinajstić information content (AvgIpc) is 3.45. The molecule has 0 saturated heterocycles. The lowest BCUT2D eigenvalue weighted by Crippen LogP contribution is -2.13.